The predicted molar refractivity (Wildman–Crippen MR) is 90.7 cm³/mol. The number of rotatable bonds is 4. The average Bonchev–Trinajstić information content (AvgIpc) is 2.59. The van der Waals surface area contributed by atoms with Crippen molar-refractivity contribution in [3.8, 4) is 5.88 Å². The Balaban J connectivity index is 1.95. The summed E-state index contributed by atoms with van der Waals surface area (Å²) in [7, 11) is 0. The second-order valence-electron chi connectivity index (χ2n) is 5.78. The van der Waals surface area contributed by atoms with Crippen LogP contribution >= 0.6 is 0 Å². The molecule has 9 heteroatoms. The molecule has 6 nitrogen and oxygen atoms in total. The summed E-state index contributed by atoms with van der Waals surface area (Å²) in [6, 6.07) is 2.28. The Labute approximate surface area is 148 Å². The average molecular weight is 365 g/mol. The number of amidine groups is 1. The zero-order valence-electron chi connectivity index (χ0n) is 14.3. The molecule has 2 aliphatic heterocycles. The van der Waals surface area contributed by atoms with E-state index in [1.165, 1.54) is 11.1 Å². The maximum atomic E-state index is 12.9. The lowest BCUT2D eigenvalue weighted by Crippen LogP contribution is -2.40. The molecule has 2 N–H and O–H groups in total. The van der Waals surface area contributed by atoms with Crippen LogP contribution in [0, 0.1) is 5.41 Å². The van der Waals surface area contributed by atoms with Gasteiger partial charge in [0, 0.05) is 35.9 Å². The molecule has 0 amide bonds. The number of ether oxygens (including phenoxy) is 1. The summed E-state index contributed by atoms with van der Waals surface area (Å²) >= 11 is 0. The molecule has 3 rings (SSSR count). The van der Waals surface area contributed by atoms with Crippen LogP contribution in [0.1, 0.15) is 31.5 Å². The zero-order valence-corrected chi connectivity index (χ0v) is 14.3. The minimum Gasteiger partial charge on any atom is -0.478 e. The smallest absolute Gasteiger partial charge is 0.433 e. The molecule has 0 spiro atoms. The van der Waals surface area contributed by atoms with Crippen LogP contribution in [0.3, 0.4) is 0 Å². The van der Waals surface area contributed by atoms with Gasteiger partial charge in [-0.05, 0) is 26.0 Å². The van der Waals surface area contributed by atoms with E-state index in [1.807, 2.05) is 13.0 Å². The van der Waals surface area contributed by atoms with Crippen LogP contribution in [0.15, 0.2) is 40.4 Å². The highest BCUT2D eigenvalue weighted by Crippen LogP contribution is 2.32. The van der Waals surface area contributed by atoms with Crippen LogP contribution in [0.5, 0.6) is 5.88 Å². The summed E-state index contributed by atoms with van der Waals surface area (Å²) in [6.45, 7) is 3.69. The lowest BCUT2D eigenvalue weighted by molar-refractivity contribution is -0.141. The quantitative estimate of drug-likeness (QED) is 0.857. The molecule has 2 aliphatic rings. The number of hydrazone groups is 1. The third-order valence-electron chi connectivity index (χ3n) is 3.99. The largest absolute Gasteiger partial charge is 0.478 e. The number of aromatic nitrogens is 1. The van der Waals surface area contributed by atoms with Crippen LogP contribution in [0.25, 0.3) is 0 Å². The molecule has 0 atom stereocenters. The number of hydrogen-bond donors (Lipinski definition) is 2. The van der Waals surface area contributed by atoms with Crippen LogP contribution in [0.4, 0.5) is 13.2 Å². The first-order valence-electron chi connectivity index (χ1n) is 8.09. The van der Waals surface area contributed by atoms with Gasteiger partial charge in [0.25, 0.3) is 0 Å². The van der Waals surface area contributed by atoms with E-state index in [1.54, 1.807) is 13.1 Å². The number of hydrogen-bond acceptors (Lipinski definition) is 5. The maximum absolute atomic E-state index is 12.9. The summed E-state index contributed by atoms with van der Waals surface area (Å²) in [5.74, 6) is 0.805. The van der Waals surface area contributed by atoms with Crippen LogP contribution in [-0.4, -0.2) is 28.6 Å². The SMILES string of the molecule is CCOc1nc(C(F)(F)F)ccc1CC1=C(C)NC2=CCC=NN2C1=N. The van der Waals surface area contributed by atoms with Crippen molar-refractivity contribution in [2.24, 2.45) is 5.10 Å². The third kappa shape index (κ3) is 3.42. The van der Waals surface area contributed by atoms with Gasteiger partial charge in [0.2, 0.25) is 5.88 Å². The van der Waals surface area contributed by atoms with Gasteiger partial charge in [-0.15, -0.1) is 0 Å². The summed E-state index contributed by atoms with van der Waals surface area (Å²) in [6.07, 6.45) is -0.0687. The van der Waals surface area contributed by atoms with Gasteiger partial charge in [0.15, 0.2) is 5.84 Å². The van der Waals surface area contributed by atoms with Crippen molar-refractivity contribution in [3.05, 3.63) is 46.6 Å². The Morgan fingerprint density at radius 3 is 2.81 bits per heavy atom. The van der Waals surface area contributed by atoms with E-state index < -0.39 is 11.9 Å². The number of allylic oxidation sites excluding steroid dienone is 2. The van der Waals surface area contributed by atoms with E-state index in [2.05, 4.69) is 15.4 Å². The fraction of sp³-hybridized carbons (Fsp3) is 0.353. The molecule has 0 aromatic carbocycles. The molecule has 1 aromatic rings. The molecular weight excluding hydrogens is 347 g/mol. The van der Waals surface area contributed by atoms with Crippen LogP contribution in [0.2, 0.25) is 0 Å². The predicted octanol–water partition coefficient (Wildman–Crippen LogP) is 3.43. The molecule has 0 radical (unpaired) electrons. The second kappa shape index (κ2) is 6.81. The molecule has 0 unspecified atom stereocenters. The molecule has 0 saturated heterocycles. The highest BCUT2D eigenvalue weighted by molar-refractivity contribution is 5.99. The van der Waals surface area contributed by atoms with Crippen molar-refractivity contribution in [1.29, 1.82) is 5.41 Å². The van der Waals surface area contributed by atoms with E-state index in [4.69, 9.17) is 10.1 Å². The summed E-state index contributed by atoms with van der Waals surface area (Å²) < 4.78 is 44.0. The van der Waals surface area contributed by atoms with E-state index in [-0.39, 0.29) is 24.7 Å². The normalized spacial score (nSPS) is 17.0. The van der Waals surface area contributed by atoms with Crippen molar-refractivity contribution in [2.75, 3.05) is 6.61 Å². The molecular formula is C17H18F3N5O. The van der Waals surface area contributed by atoms with Gasteiger partial charge in [0.05, 0.1) is 6.61 Å². The Bertz CT molecular complexity index is 826. The monoisotopic (exact) mass is 365 g/mol. The number of fused-ring (bicyclic) bond motifs is 1. The first kappa shape index (κ1) is 18.0. The van der Waals surface area contributed by atoms with E-state index >= 15 is 0 Å². The van der Waals surface area contributed by atoms with Gasteiger partial charge >= 0.3 is 6.18 Å². The Morgan fingerprint density at radius 2 is 2.12 bits per heavy atom. The molecule has 0 bridgehead atoms. The molecule has 26 heavy (non-hydrogen) atoms. The standard InChI is InChI=1S/C17H18F3N5O/c1-3-26-16-11(6-7-13(24-16)17(18,19)20)9-12-10(2)23-14-5-4-8-22-25(14)15(12)21/h5-8,21,23H,3-4,9H2,1-2H3. The van der Waals surface area contributed by atoms with Crippen molar-refractivity contribution >= 4 is 12.1 Å². The fourth-order valence-corrected chi connectivity index (χ4v) is 2.73. The highest BCUT2D eigenvalue weighted by Gasteiger charge is 2.34. The van der Waals surface area contributed by atoms with Gasteiger partial charge in [-0.2, -0.15) is 23.3 Å². The first-order chi connectivity index (χ1) is 12.3. The number of pyridine rings is 1. The minimum absolute atomic E-state index is 0.0705. The molecule has 1 aromatic heterocycles. The summed E-state index contributed by atoms with van der Waals surface area (Å²) in [5.41, 5.74) is 0.841. The first-order valence-corrected chi connectivity index (χ1v) is 8.09. The Kier molecular flexibility index (Phi) is 4.71. The molecule has 3 heterocycles. The van der Waals surface area contributed by atoms with E-state index in [0.717, 1.165) is 11.8 Å². The van der Waals surface area contributed by atoms with Crippen molar-refractivity contribution in [3.63, 3.8) is 0 Å². The molecule has 138 valence electrons. The lowest BCUT2D eigenvalue weighted by atomic mass is 10.0. The Morgan fingerprint density at radius 1 is 1.35 bits per heavy atom. The van der Waals surface area contributed by atoms with Crippen LogP contribution in [-0.2, 0) is 12.6 Å². The van der Waals surface area contributed by atoms with E-state index in [9.17, 15) is 13.2 Å². The molecule has 0 saturated carbocycles. The van der Waals surface area contributed by atoms with Crippen LogP contribution < -0.4 is 10.1 Å². The van der Waals surface area contributed by atoms with Crippen molar-refractivity contribution in [1.82, 2.24) is 15.3 Å². The fourth-order valence-electron chi connectivity index (χ4n) is 2.73. The minimum atomic E-state index is -4.54. The van der Waals surface area contributed by atoms with Gasteiger partial charge in [0.1, 0.15) is 11.5 Å². The zero-order chi connectivity index (χ0) is 18.9. The van der Waals surface area contributed by atoms with Gasteiger partial charge in [-0.25, -0.2) is 4.98 Å². The Hall–Kier alpha value is -2.84. The number of nitrogens with zero attached hydrogens (tertiary/aromatic N) is 3. The maximum Gasteiger partial charge on any atom is 0.433 e. The summed E-state index contributed by atoms with van der Waals surface area (Å²) in [5, 5.41) is 17.2. The number of alkyl halides is 3. The molecule has 0 aliphatic carbocycles. The molecule has 0 fully saturated rings. The highest BCUT2D eigenvalue weighted by atomic mass is 19.4. The number of nitrogens with one attached hydrogen (secondary N) is 2. The second-order valence-corrected chi connectivity index (χ2v) is 5.78. The number of halogens is 3. The van der Waals surface area contributed by atoms with Gasteiger partial charge in [-0.3, -0.25) is 5.41 Å². The van der Waals surface area contributed by atoms with E-state index in [0.29, 0.717) is 23.4 Å². The van der Waals surface area contributed by atoms with Gasteiger partial charge in [-0.1, -0.05) is 6.07 Å². The summed E-state index contributed by atoms with van der Waals surface area (Å²) in [4.78, 5) is 3.62. The topological polar surface area (TPSA) is 73.6 Å². The van der Waals surface area contributed by atoms with Crippen molar-refractivity contribution < 1.29 is 17.9 Å². The third-order valence-corrected chi connectivity index (χ3v) is 3.99. The van der Waals surface area contributed by atoms with Gasteiger partial charge < -0.3 is 10.1 Å². The van der Waals surface area contributed by atoms with Crippen molar-refractivity contribution in [2.45, 2.75) is 32.9 Å². The lowest BCUT2D eigenvalue weighted by Gasteiger charge is -2.33.